The van der Waals surface area contributed by atoms with Gasteiger partial charge in [-0.05, 0) is 25.8 Å². The van der Waals surface area contributed by atoms with E-state index in [9.17, 15) is 4.79 Å². The number of carbonyl (C=O) groups is 1. The van der Waals surface area contributed by atoms with Crippen LogP contribution in [0.3, 0.4) is 0 Å². The molecule has 0 saturated carbocycles. The minimum Gasteiger partial charge on any atom is -0.458 e. The molecule has 2 rings (SSSR count). The monoisotopic (exact) mass is 227 g/mol. The minimum absolute atomic E-state index is 0.0244. The number of nitrogens with one attached hydrogen (secondary N) is 1. The quantitative estimate of drug-likeness (QED) is 0.734. The van der Waals surface area contributed by atoms with E-state index in [-0.39, 0.29) is 12.1 Å². The van der Waals surface area contributed by atoms with Crippen LogP contribution >= 0.6 is 0 Å². The fraction of sp³-hybridized carbons (Fsp3) is 0.917. The zero-order chi connectivity index (χ0) is 11.4. The Bertz CT molecular complexity index is 243. The van der Waals surface area contributed by atoms with Crippen LogP contribution in [0.1, 0.15) is 39.0 Å². The number of ether oxygens (including phenoxy) is 2. The van der Waals surface area contributed by atoms with Gasteiger partial charge in [-0.2, -0.15) is 0 Å². The number of hydrogen-bond donors (Lipinski definition) is 1. The van der Waals surface area contributed by atoms with Crippen LogP contribution in [0.4, 0.5) is 0 Å². The van der Waals surface area contributed by atoms with Gasteiger partial charge in [-0.15, -0.1) is 0 Å². The second-order valence-corrected chi connectivity index (χ2v) is 4.75. The summed E-state index contributed by atoms with van der Waals surface area (Å²) in [5.41, 5.74) is -0.405. The lowest BCUT2D eigenvalue weighted by Gasteiger charge is -2.28. The van der Waals surface area contributed by atoms with Crippen molar-refractivity contribution in [3.8, 4) is 0 Å². The van der Waals surface area contributed by atoms with E-state index in [2.05, 4.69) is 12.2 Å². The van der Waals surface area contributed by atoms with Crippen LogP contribution in [-0.2, 0) is 14.3 Å². The molecule has 4 nitrogen and oxygen atoms in total. The Labute approximate surface area is 96.7 Å². The molecule has 2 aliphatic heterocycles. The van der Waals surface area contributed by atoms with Crippen molar-refractivity contribution in [2.75, 3.05) is 19.8 Å². The van der Waals surface area contributed by atoms with Crippen molar-refractivity contribution >= 4 is 5.97 Å². The predicted octanol–water partition coefficient (Wildman–Crippen LogP) is 1.24. The zero-order valence-electron chi connectivity index (χ0n) is 9.96. The molecule has 0 bridgehead atoms. The summed E-state index contributed by atoms with van der Waals surface area (Å²) in [5, 5.41) is 3.33. The van der Waals surface area contributed by atoms with Crippen molar-refractivity contribution in [1.82, 2.24) is 5.32 Å². The third kappa shape index (κ3) is 2.38. The van der Waals surface area contributed by atoms with E-state index in [1.54, 1.807) is 0 Å². The van der Waals surface area contributed by atoms with Gasteiger partial charge in [0.15, 0.2) is 0 Å². The van der Waals surface area contributed by atoms with E-state index in [0.717, 1.165) is 38.6 Å². The molecule has 4 heteroatoms. The molecule has 2 fully saturated rings. The highest BCUT2D eigenvalue weighted by molar-refractivity contribution is 5.81. The van der Waals surface area contributed by atoms with Crippen LogP contribution in [0.25, 0.3) is 0 Å². The van der Waals surface area contributed by atoms with Crippen LogP contribution in [0.2, 0.25) is 0 Å². The van der Waals surface area contributed by atoms with Crippen molar-refractivity contribution < 1.29 is 14.3 Å². The summed E-state index contributed by atoms with van der Waals surface area (Å²) < 4.78 is 10.7. The molecule has 92 valence electrons. The van der Waals surface area contributed by atoms with Crippen molar-refractivity contribution in [2.24, 2.45) is 0 Å². The molecule has 0 radical (unpaired) electrons. The highest BCUT2D eigenvalue weighted by atomic mass is 16.6. The highest BCUT2D eigenvalue weighted by Crippen LogP contribution is 2.27. The number of rotatable bonds is 4. The maximum absolute atomic E-state index is 12.2. The second-order valence-electron chi connectivity index (χ2n) is 4.75. The molecule has 16 heavy (non-hydrogen) atoms. The molecule has 0 aromatic heterocycles. The van der Waals surface area contributed by atoms with E-state index in [1.807, 2.05) is 0 Å². The molecular formula is C12H21NO3. The zero-order valence-corrected chi connectivity index (χ0v) is 9.96. The lowest BCUT2D eigenvalue weighted by Crippen LogP contribution is -2.49. The smallest absolute Gasteiger partial charge is 0.326 e. The second kappa shape index (κ2) is 5.15. The van der Waals surface area contributed by atoms with E-state index in [1.165, 1.54) is 0 Å². The summed E-state index contributed by atoms with van der Waals surface area (Å²) in [7, 11) is 0. The van der Waals surface area contributed by atoms with Gasteiger partial charge in [0.05, 0.1) is 13.2 Å². The van der Waals surface area contributed by atoms with Crippen molar-refractivity contribution in [1.29, 1.82) is 0 Å². The molecular weight excluding hydrogens is 206 g/mol. The largest absolute Gasteiger partial charge is 0.458 e. The molecule has 2 aliphatic rings. The molecule has 0 spiro atoms. The average molecular weight is 227 g/mol. The van der Waals surface area contributed by atoms with Gasteiger partial charge in [-0.1, -0.05) is 13.3 Å². The summed E-state index contributed by atoms with van der Waals surface area (Å²) in [5.74, 6) is -0.0673. The lowest BCUT2D eigenvalue weighted by atomic mass is 9.92. The normalized spacial score (nSPS) is 34.2. The molecule has 2 heterocycles. The summed E-state index contributed by atoms with van der Waals surface area (Å²) in [6.45, 7) is 4.31. The Hall–Kier alpha value is -0.610. The predicted molar refractivity (Wildman–Crippen MR) is 60.2 cm³/mol. The van der Waals surface area contributed by atoms with Crippen molar-refractivity contribution in [3.63, 3.8) is 0 Å². The van der Waals surface area contributed by atoms with Crippen LogP contribution in [0.5, 0.6) is 0 Å². The van der Waals surface area contributed by atoms with Gasteiger partial charge in [0.2, 0.25) is 0 Å². The van der Waals surface area contributed by atoms with Gasteiger partial charge in [0, 0.05) is 6.42 Å². The average Bonchev–Trinajstić information content (AvgIpc) is 2.89. The van der Waals surface area contributed by atoms with E-state index >= 15 is 0 Å². The van der Waals surface area contributed by atoms with Crippen LogP contribution in [0, 0.1) is 0 Å². The van der Waals surface area contributed by atoms with Crippen LogP contribution in [-0.4, -0.2) is 37.4 Å². The van der Waals surface area contributed by atoms with Gasteiger partial charge < -0.3 is 14.8 Å². The maximum atomic E-state index is 12.2. The summed E-state index contributed by atoms with van der Waals surface area (Å²) in [6, 6.07) is 0. The topological polar surface area (TPSA) is 47.6 Å². The Morgan fingerprint density at radius 1 is 1.62 bits per heavy atom. The first-order valence-corrected chi connectivity index (χ1v) is 6.31. The molecule has 0 aliphatic carbocycles. The van der Waals surface area contributed by atoms with Gasteiger partial charge >= 0.3 is 5.97 Å². The minimum atomic E-state index is -0.405. The summed E-state index contributed by atoms with van der Waals surface area (Å²) >= 11 is 0. The third-order valence-electron chi connectivity index (χ3n) is 3.47. The Morgan fingerprint density at radius 3 is 3.06 bits per heavy atom. The molecule has 0 aromatic rings. The maximum Gasteiger partial charge on any atom is 0.326 e. The fourth-order valence-electron chi connectivity index (χ4n) is 2.59. The molecule has 2 saturated heterocycles. The number of hydrogen-bond acceptors (Lipinski definition) is 4. The molecule has 0 amide bonds. The third-order valence-corrected chi connectivity index (χ3v) is 3.47. The summed E-state index contributed by atoms with van der Waals surface area (Å²) in [6.07, 6.45) is 4.67. The SMILES string of the molecule is CCCC1(C(=O)OC2CCOC2)CCCN1. The standard InChI is InChI=1S/C12H21NO3/c1-2-5-12(6-3-7-13-12)11(14)16-10-4-8-15-9-10/h10,13H,2-9H2,1H3. The first-order chi connectivity index (χ1) is 7.77. The Balaban J connectivity index is 1.93. The molecule has 0 aromatic carbocycles. The first kappa shape index (κ1) is 11.9. The molecule has 2 unspecified atom stereocenters. The molecule has 1 N–H and O–H groups in total. The Kier molecular flexibility index (Phi) is 3.82. The number of carbonyl (C=O) groups excluding carboxylic acids is 1. The van der Waals surface area contributed by atoms with E-state index in [0.29, 0.717) is 13.2 Å². The van der Waals surface area contributed by atoms with Crippen LogP contribution in [0.15, 0.2) is 0 Å². The van der Waals surface area contributed by atoms with E-state index < -0.39 is 5.54 Å². The van der Waals surface area contributed by atoms with E-state index in [4.69, 9.17) is 9.47 Å². The number of esters is 1. The van der Waals surface area contributed by atoms with Gasteiger partial charge in [-0.25, -0.2) is 0 Å². The lowest BCUT2D eigenvalue weighted by molar-refractivity contribution is -0.157. The van der Waals surface area contributed by atoms with Crippen molar-refractivity contribution in [2.45, 2.75) is 50.7 Å². The highest BCUT2D eigenvalue weighted by Gasteiger charge is 2.42. The summed E-state index contributed by atoms with van der Waals surface area (Å²) in [4.78, 5) is 12.2. The van der Waals surface area contributed by atoms with Crippen molar-refractivity contribution in [3.05, 3.63) is 0 Å². The van der Waals surface area contributed by atoms with Gasteiger partial charge in [0.1, 0.15) is 11.6 Å². The Morgan fingerprint density at radius 2 is 2.50 bits per heavy atom. The molecule has 2 atom stereocenters. The van der Waals surface area contributed by atoms with Crippen LogP contribution < -0.4 is 5.32 Å². The first-order valence-electron chi connectivity index (χ1n) is 6.31. The fourth-order valence-corrected chi connectivity index (χ4v) is 2.59. The van der Waals surface area contributed by atoms with Gasteiger partial charge in [-0.3, -0.25) is 4.79 Å². The van der Waals surface area contributed by atoms with Gasteiger partial charge in [0.25, 0.3) is 0 Å².